The standard InChI is InChI=1S/C16H27N3O2/c1-13(19-11-10-17-14(19)2)16(20)18-9-6-12-21-15-7-4-3-5-8-15/h10-11,13,15H,3-9,12H2,1-2H3,(H,18,20)/t13-/m0/s1. The van der Waals surface area contributed by atoms with Crippen LogP contribution in [0.1, 0.15) is 57.3 Å². The monoisotopic (exact) mass is 293 g/mol. The maximum Gasteiger partial charge on any atom is 0.242 e. The summed E-state index contributed by atoms with van der Waals surface area (Å²) in [4.78, 5) is 16.2. The maximum absolute atomic E-state index is 12.1. The minimum atomic E-state index is -0.216. The summed E-state index contributed by atoms with van der Waals surface area (Å²) in [6, 6.07) is -0.216. The Hall–Kier alpha value is -1.36. The lowest BCUT2D eigenvalue weighted by Crippen LogP contribution is -2.32. The van der Waals surface area contributed by atoms with Gasteiger partial charge in [-0.05, 0) is 33.1 Å². The molecule has 0 aromatic carbocycles. The third kappa shape index (κ3) is 4.84. The Morgan fingerprint density at radius 3 is 2.90 bits per heavy atom. The third-order valence-electron chi connectivity index (χ3n) is 4.19. The summed E-state index contributed by atoms with van der Waals surface area (Å²) in [6.45, 7) is 5.21. The molecule has 2 rings (SSSR count). The molecule has 118 valence electrons. The van der Waals surface area contributed by atoms with Gasteiger partial charge in [-0.3, -0.25) is 4.79 Å². The van der Waals surface area contributed by atoms with E-state index >= 15 is 0 Å². The number of amides is 1. The van der Waals surface area contributed by atoms with Crippen LogP contribution in [0.2, 0.25) is 0 Å². The molecule has 1 aromatic heterocycles. The number of hydrogen-bond acceptors (Lipinski definition) is 3. The minimum Gasteiger partial charge on any atom is -0.378 e. The highest BCUT2D eigenvalue weighted by molar-refractivity contribution is 5.79. The van der Waals surface area contributed by atoms with Gasteiger partial charge < -0.3 is 14.6 Å². The number of ether oxygens (including phenoxy) is 1. The molecular weight excluding hydrogens is 266 g/mol. The van der Waals surface area contributed by atoms with Gasteiger partial charge in [-0.15, -0.1) is 0 Å². The molecule has 0 radical (unpaired) electrons. The molecule has 1 N–H and O–H groups in total. The summed E-state index contributed by atoms with van der Waals surface area (Å²) in [7, 11) is 0. The van der Waals surface area contributed by atoms with E-state index in [4.69, 9.17) is 4.74 Å². The van der Waals surface area contributed by atoms with Gasteiger partial charge in [-0.25, -0.2) is 4.98 Å². The van der Waals surface area contributed by atoms with Gasteiger partial charge in [0.2, 0.25) is 5.91 Å². The Bertz CT molecular complexity index is 438. The first-order valence-electron chi connectivity index (χ1n) is 8.07. The van der Waals surface area contributed by atoms with E-state index in [1.54, 1.807) is 6.20 Å². The van der Waals surface area contributed by atoms with E-state index in [1.165, 1.54) is 32.1 Å². The van der Waals surface area contributed by atoms with Crippen LogP contribution in [-0.4, -0.2) is 34.7 Å². The highest BCUT2D eigenvalue weighted by Gasteiger charge is 2.16. The van der Waals surface area contributed by atoms with Crippen molar-refractivity contribution < 1.29 is 9.53 Å². The maximum atomic E-state index is 12.1. The molecular formula is C16H27N3O2. The SMILES string of the molecule is Cc1nccn1[C@@H](C)C(=O)NCCCOC1CCCCC1. The molecule has 1 amide bonds. The van der Waals surface area contributed by atoms with Crippen LogP contribution in [0.4, 0.5) is 0 Å². The number of nitrogens with one attached hydrogen (secondary N) is 1. The van der Waals surface area contributed by atoms with E-state index in [9.17, 15) is 4.79 Å². The Morgan fingerprint density at radius 1 is 1.48 bits per heavy atom. The van der Waals surface area contributed by atoms with Crippen molar-refractivity contribution in [2.45, 2.75) is 64.5 Å². The van der Waals surface area contributed by atoms with Crippen LogP contribution in [0.15, 0.2) is 12.4 Å². The fraction of sp³-hybridized carbons (Fsp3) is 0.750. The van der Waals surface area contributed by atoms with Crippen LogP contribution < -0.4 is 5.32 Å². The van der Waals surface area contributed by atoms with Crippen LogP contribution in [0.5, 0.6) is 0 Å². The van der Waals surface area contributed by atoms with Crippen molar-refractivity contribution in [3.8, 4) is 0 Å². The molecule has 1 heterocycles. The van der Waals surface area contributed by atoms with E-state index in [-0.39, 0.29) is 11.9 Å². The predicted octanol–water partition coefficient (Wildman–Crippen LogP) is 2.61. The molecule has 21 heavy (non-hydrogen) atoms. The summed E-state index contributed by atoms with van der Waals surface area (Å²) < 4.78 is 7.73. The van der Waals surface area contributed by atoms with Gasteiger partial charge in [0, 0.05) is 25.5 Å². The molecule has 5 heteroatoms. The number of hydrogen-bond donors (Lipinski definition) is 1. The lowest BCUT2D eigenvalue weighted by atomic mass is 9.98. The smallest absolute Gasteiger partial charge is 0.242 e. The topological polar surface area (TPSA) is 56.2 Å². The number of nitrogens with zero attached hydrogens (tertiary/aromatic N) is 2. The van der Waals surface area contributed by atoms with Crippen molar-refractivity contribution in [3.05, 3.63) is 18.2 Å². The molecule has 0 spiro atoms. The Balaban J connectivity index is 1.59. The van der Waals surface area contributed by atoms with Gasteiger partial charge in [-0.1, -0.05) is 19.3 Å². The number of aromatic nitrogens is 2. The van der Waals surface area contributed by atoms with Crippen molar-refractivity contribution in [1.82, 2.24) is 14.9 Å². The van der Waals surface area contributed by atoms with Crippen molar-refractivity contribution in [3.63, 3.8) is 0 Å². The molecule has 0 bridgehead atoms. The number of rotatable bonds is 7. The summed E-state index contributed by atoms with van der Waals surface area (Å²) >= 11 is 0. The second-order valence-electron chi connectivity index (χ2n) is 5.83. The lowest BCUT2D eigenvalue weighted by Gasteiger charge is -2.22. The first kappa shape index (κ1) is 16.0. The summed E-state index contributed by atoms with van der Waals surface area (Å²) in [5.74, 6) is 0.895. The minimum absolute atomic E-state index is 0.0359. The van der Waals surface area contributed by atoms with E-state index in [0.29, 0.717) is 12.6 Å². The average Bonchev–Trinajstić information content (AvgIpc) is 2.93. The second kappa shape index (κ2) is 8.17. The van der Waals surface area contributed by atoms with Crippen LogP contribution >= 0.6 is 0 Å². The highest BCUT2D eigenvalue weighted by atomic mass is 16.5. The van der Waals surface area contributed by atoms with Crippen molar-refractivity contribution in [2.75, 3.05) is 13.2 Å². The van der Waals surface area contributed by atoms with E-state index in [2.05, 4.69) is 10.3 Å². The van der Waals surface area contributed by atoms with Gasteiger partial charge in [-0.2, -0.15) is 0 Å². The highest BCUT2D eigenvalue weighted by Crippen LogP contribution is 2.20. The molecule has 0 saturated heterocycles. The molecule has 1 saturated carbocycles. The van der Waals surface area contributed by atoms with E-state index < -0.39 is 0 Å². The third-order valence-corrected chi connectivity index (χ3v) is 4.19. The fourth-order valence-corrected chi connectivity index (χ4v) is 2.84. The quantitative estimate of drug-likeness (QED) is 0.786. The number of carbonyl (C=O) groups is 1. The van der Waals surface area contributed by atoms with Gasteiger partial charge in [0.15, 0.2) is 0 Å². The lowest BCUT2D eigenvalue weighted by molar-refractivity contribution is -0.123. The van der Waals surface area contributed by atoms with E-state index in [1.807, 2.05) is 24.6 Å². The van der Waals surface area contributed by atoms with E-state index in [0.717, 1.165) is 18.9 Å². The number of aryl methyl sites for hydroxylation is 1. The summed E-state index contributed by atoms with van der Waals surface area (Å²) in [5.41, 5.74) is 0. The number of imidazole rings is 1. The number of carbonyl (C=O) groups excluding carboxylic acids is 1. The summed E-state index contributed by atoms with van der Waals surface area (Å²) in [6.07, 6.45) is 11.2. The zero-order valence-corrected chi connectivity index (χ0v) is 13.2. The molecule has 1 aromatic rings. The Morgan fingerprint density at radius 2 is 2.24 bits per heavy atom. The molecule has 1 fully saturated rings. The zero-order valence-electron chi connectivity index (χ0n) is 13.2. The van der Waals surface area contributed by atoms with Crippen LogP contribution in [-0.2, 0) is 9.53 Å². The summed E-state index contributed by atoms with van der Waals surface area (Å²) in [5, 5.41) is 2.97. The first-order chi connectivity index (χ1) is 10.2. The molecule has 1 aliphatic carbocycles. The zero-order chi connectivity index (χ0) is 15.1. The van der Waals surface area contributed by atoms with Crippen LogP contribution in [0.25, 0.3) is 0 Å². The van der Waals surface area contributed by atoms with Crippen molar-refractivity contribution in [2.24, 2.45) is 0 Å². The normalized spacial score (nSPS) is 17.6. The van der Waals surface area contributed by atoms with Crippen molar-refractivity contribution >= 4 is 5.91 Å². The van der Waals surface area contributed by atoms with Gasteiger partial charge in [0.1, 0.15) is 11.9 Å². The molecule has 0 aliphatic heterocycles. The largest absolute Gasteiger partial charge is 0.378 e. The van der Waals surface area contributed by atoms with Gasteiger partial charge >= 0.3 is 0 Å². The molecule has 1 aliphatic rings. The van der Waals surface area contributed by atoms with Gasteiger partial charge in [0.25, 0.3) is 0 Å². The Kier molecular flexibility index (Phi) is 6.23. The fourth-order valence-electron chi connectivity index (χ4n) is 2.84. The Labute approximate surface area is 127 Å². The van der Waals surface area contributed by atoms with Crippen LogP contribution in [0.3, 0.4) is 0 Å². The first-order valence-corrected chi connectivity index (χ1v) is 8.07. The second-order valence-corrected chi connectivity index (χ2v) is 5.83. The predicted molar refractivity (Wildman–Crippen MR) is 82.1 cm³/mol. The van der Waals surface area contributed by atoms with Crippen LogP contribution in [0, 0.1) is 6.92 Å². The molecule has 5 nitrogen and oxygen atoms in total. The van der Waals surface area contributed by atoms with Gasteiger partial charge in [0.05, 0.1) is 6.10 Å². The molecule has 0 unspecified atom stereocenters. The average molecular weight is 293 g/mol. The molecule has 1 atom stereocenters. The van der Waals surface area contributed by atoms with Crippen molar-refractivity contribution in [1.29, 1.82) is 0 Å².